The van der Waals surface area contributed by atoms with Gasteiger partial charge in [-0.25, -0.2) is 8.42 Å². The summed E-state index contributed by atoms with van der Waals surface area (Å²) < 4.78 is 33.1. The van der Waals surface area contributed by atoms with E-state index >= 15 is 0 Å². The minimum Gasteiger partial charge on any atom is -0.495 e. The maximum Gasteiger partial charge on any atom is 0.262 e. The van der Waals surface area contributed by atoms with Crippen LogP contribution >= 0.6 is 0 Å². The first-order chi connectivity index (χ1) is 13.8. The Morgan fingerprint density at radius 1 is 1.03 bits per heavy atom. The zero-order chi connectivity index (χ0) is 21.0. The van der Waals surface area contributed by atoms with Gasteiger partial charge in [0, 0.05) is 11.6 Å². The fourth-order valence-corrected chi connectivity index (χ4v) is 4.83. The van der Waals surface area contributed by atoms with Crippen molar-refractivity contribution in [3.05, 3.63) is 54.1 Å². The van der Waals surface area contributed by atoms with Crippen LogP contribution in [0.5, 0.6) is 5.75 Å². The lowest BCUT2D eigenvalue weighted by Crippen LogP contribution is -2.43. The van der Waals surface area contributed by atoms with Gasteiger partial charge in [-0.05, 0) is 54.7 Å². The molecule has 2 aromatic rings. The molecule has 156 valence electrons. The lowest BCUT2D eigenvalue weighted by Gasteiger charge is -2.34. The first-order valence-electron chi connectivity index (χ1n) is 9.88. The Hall–Kier alpha value is -2.54. The molecule has 6 nitrogen and oxygen atoms in total. The van der Waals surface area contributed by atoms with E-state index in [-0.39, 0.29) is 16.8 Å². The Kier molecular flexibility index (Phi) is 6.47. The number of amides is 1. The molecule has 0 saturated heterocycles. The molecule has 29 heavy (non-hydrogen) atoms. The van der Waals surface area contributed by atoms with Crippen molar-refractivity contribution in [3.8, 4) is 5.75 Å². The number of ether oxygens (including phenoxy) is 1. The van der Waals surface area contributed by atoms with Crippen LogP contribution in [0.15, 0.2) is 53.4 Å². The van der Waals surface area contributed by atoms with Crippen LogP contribution in [0.3, 0.4) is 0 Å². The Bertz CT molecular complexity index is 957. The van der Waals surface area contributed by atoms with Gasteiger partial charge in [-0.3, -0.25) is 9.52 Å². The molecule has 1 amide bonds. The van der Waals surface area contributed by atoms with E-state index in [0.29, 0.717) is 28.8 Å². The van der Waals surface area contributed by atoms with Crippen molar-refractivity contribution >= 4 is 21.6 Å². The zero-order valence-electron chi connectivity index (χ0n) is 17.0. The van der Waals surface area contributed by atoms with Crippen molar-refractivity contribution in [1.29, 1.82) is 0 Å². The van der Waals surface area contributed by atoms with E-state index in [9.17, 15) is 13.2 Å². The third-order valence-corrected chi connectivity index (χ3v) is 7.18. The van der Waals surface area contributed by atoms with E-state index in [4.69, 9.17) is 4.74 Å². The predicted octanol–water partition coefficient (Wildman–Crippen LogP) is 4.05. The maximum absolute atomic E-state index is 12.7. The van der Waals surface area contributed by atoms with Crippen LogP contribution in [-0.4, -0.2) is 27.5 Å². The summed E-state index contributed by atoms with van der Waals surface area (Å²) in [6.45, 7) is 4.39. The molecule has 0 aromatic heterocycles. The molecule has 0 aliphatic heterocycles. The molecule has 1 aliphatic carbocycles. The fraction of sp³-hybridized carbons (Fsp3) is 0.409. The van der Waals surface area contributed by atoms with E-state index in [0.717, 1.165) is 12.8 Å². The standard InChI is InChI=1S/C22H28N2O4S/c1-15-7-6-9-19(16(15)2)23-22(25)17-11-13-18(14-12-17)29(26,27)24-20-8-4-5-10-21(20)28-3/h4-5,8,10-16,19,24H,6-7,9H2,1-3H3,(H,23,25). The maximum atomic E-state index is 12.7. The van der Waals surface area contributed by atoms with Gasteiger partial charge in [0.25, 0.3) is 15.9 Å². The molecule has 3 atom stereocenters. The minimum atomic E-state index is -3.79. The first-order valence-corrected chi connectivity index (χ1v) is 11.4. The molecule has 7 heteroatoms. The third kappa shape index (κ3) is 4.90. The Balaban J connectivity index is 1.71. The topological polar surface area (TPSA) is 84.5 Å². The number of sulfonamides is 1. The van der Waals surface area contributed by atoms with Crippen molar-refractivity contribution < 1.29 is 17.9 Å². The lowest BCUT2D eigenvalue weighted by molar-refractivity contribution is 0.0891. The van der Waals surface area contributed by atoms with Crippen LogP contribution in [0.25, 0.3) is 0 Å². The number of benzene rings is 2. The molecule has 2 N–H and O–H groups in total. The Morgan fingerprint density at radius 3 is 2.41 bits per heavy atom. The van der Waals surface area contributed by atoms with Crippen molar-refractivity contribution in [1.82, 2.24) is 5.32 Å². The quantitative estimate of drug-likeness (QED) is 0.744. The van der Waals surface area contributed by atoms with Gasteiger partial charge in [0.05, 0.1) is 17.7 Å². The molecule has 1 fully saturated rings. The average Bonchev–Trinajstić information content (AvgIpc) is 2.71. The molecule has 0 bridgehead atoms. The number of carbonyl (C=O) groups is 1. The molecule has 1 aliphatic rings. The van der Waals surface area contributed by atoms with E-state index in [1.54, 1.807) is 36.4 Å². The first kappa shape index (κ1) is 21.2. The summed E-state index contributed by atoms with van der Waals surface area (Å²) in [6, 6.07) is 12.9. The van der Waals surface area contributed by atoms with Crippen LogP contribution in [0.4, 0.5) is 5.69 Å². The van der Waals surface area contributed by atoms with Gasteiger partial charge in [0.1, 0.15) is 5.75 Å². The summed E-state index contributed by atoms with van der Waals surface area (Å²) in [7, 11) is -2.31. The summed E-state index contributed by atoms with van der Waals surface area (Å²) in [4.78, 5) is 12.7. The van der Waals surface area contributed by atoms with Crippen LogP contribution in [-0.2, 0) is 10.0 Å². The molecule has 0 spiro atoms. The molecule has 0 radical (unpaired) electrons. The van der Waals surface area contributed by atoms with Crippen LogP contribution in [0.2, 0.25) is 0 Å². The predicted molar refractivity (Wildman–Crippen MR) is 114 cm³/mol. The average molecular weight is 417 g/mol. The summed E-state index contributed by atoms with van der Waals surface area (Å²) in [5, 5.41) is 3.11. The van der Waals surface area contributed by atoms with Crippen LogP contribution < -0.4 is 14.8 Å². The number of anilines is 1. The van der Waals surface area contributed by atoms with Gasteiger partial charge in [0.15, 0.2) is 0 Å². The highest BCUT2D eigenvalue weighted by molar-refractivity contribution is 7.92. The summed E-state index contributed by atoms with van der Waals surface area (Å²) >= 11 is 0. The largest absolute Gasteiger partial charge is 0.495 e. The molecule has 3 unspecified atom stereocenters. The van der Waals surface area contributed by atoms with Gasteiger partial charge < -0.3 is 10.1 Å². The highest BCUT2D eigenvalue weighted by Crippen LogP contribution is 2.30. The number of para-hydroxylation sites is 2. The monoisotopic (exact) mass is 416 g/mol. The second-order valence-electron chi connectivity index (χ2n) is 7.68. The minimum absolute atomic E-state index is 0.0830. The molecule has 2 aromatic carbocycles. The van der Waals surface area contributed by atoms with Crippen molar-refractivity contribution in [3.63, 3.8) is 0 Å². The SMILES string of the molecule is COc1ccccc1NS(=O)(=O)c1ccc(C(=O)NC2CCCC(C)C2C)cc1. The van der Waals surface area contributed by atoms with Crippen molar-refractivity contribution in [2.75, 3.05) is 11.8 Å². The summed E-state index contributed by atoms with van der Waals surface area (Å²) in [5.41, 5.74) is 0.809. The van der Waals surface area contributed by atoms with Gasteiger partial charge in [-0.1, -0.05) is 38.8 Å². The zero-order valence-corrected chi connectivity index (χ0v) is 17.8. The molecule has 3 rings (SSSR count). The van der Waals surface area contributed by atoms with Gasteiger partial charge in [-0.2, -0.15) is 0 Å². The second-order valence-corrected chi connectivity index (χ2v) is 9.36. The normalized spacial score (nSPS) is 22.0. The molecule has 0 heterocycles. The lowest BCUT2D eigenvalue weighted by atomic mass is 9.78. The second kappa shape index (κ2) is 8.86. The van der Waals surface area contributed by atoms with Crippen LogP contribution in [0, 0.1) is 11.8 Å². The Labute approximate surface area is 172 Å². The highest BCUT2D eigenvalue weighted by Gasteiger charge is 2.28. The van der Waals surface area contributed by atoms with Gasteiger partial charge in [-0.15, -0.1) is 0 Å². The van der Waals surface area contributed by atoms with E-state index in [2.05, 4.69) is 23.9 Å². The summed E-state index contributed by atoms with van der Waals surface area (Å²) in [6.07, 6.45) is 3.29. The highest BCUT2D eigenvalue weighted by atomic mass is 32.2. The molecule has 1 saturated carbocycles. The van der Waals surface area contributed by atoms with E-state index in [1.807, 2.05) is 0 Å². The van der Waals surface area contributed by atoms with Gasteiger partial charge >= 0.3 is 0 Å². The number of methoxy groups -OCH3 is 1. The molecular weight excluding hydrogens is 388 g/mol. The number of rotatable bonds is 6. The number of carbonyl (C=O) groups excluding carboxylic acids is 1. The Morgan fingerprint density at radius 2 is 1.72 bits per heavy atom. The van der Waals surface area contributed by atoms with Gasteiger partial charge in [0.2, 0.25) is 0 Å². The van der Waals surface area contributed by atoms with E-state index in [1.165, 1.54) is 25.7 Å². The van der Waals surface area contributed by atoms with E-state index < -0.39 is 10.0 Å². The summed E-state index contributed by atoms with van der Waals surface area (Å²) in [5.74, 6) is 1.28. The van der Waals surface area contributed by atoms with Crippen molar-refractivity contribution in [2.24, 2.45) is 11.8 Å². The number of hydrogen-bond donors (Lipinski definition) is 2. The number of hydrogen-bond acceptors (Lipinski definition) is 4. The van der Waals surface area contributed by atoms with Crippen molar-refractivity contribution in [2.45, 2.75) is 44.0 Å². The molecular formula is C22H28N2O4S. The number of nitrogens with one attached hydrogen (secondary N) is 2. The fourth-order valence-electron chi connectivity index (χ4n) is 3.76. The third-order valence-electron chi connectivity index (χ3n) is 5.80. The smallest absolute Gasteiger partial charge is 0.262 e. The van der Waals surface area contributed by atoms with Crippen LogP contribution in [0.1, 0.15) is 43.5 Å².